The van der Waals surface area contributed by atoms with Gasteiger partial charge < -0.3 is 14.2 Å². The number of anilines is 1. The van der Waals surface area contributed by atoms with Gasteiger partial charge in [0, 0.05) is 16.3 Å². The number of nitriles is 1. The van der Waals surface area contributed by atoms with E-state index in [1.165, 1.54) is 49.6 Å². The van der Waals surface area contributed by atoms with E-state index in [-0.39, 0.29) is 21.8 Å². The van der Waals surface area contributed by atoms with Crippen LogP contribution in [-0.2, 0) is 14.9 Å². The average Bonchev–Trinajstić information content (AvgIpc) is 2.79. The number of hydrogen-bond acceptors (Lipinski definition) is 6. The van der Waals surface area contributed by atoms with Gasteiger partial charge in [-0.05, 0) is 60.7 Å². The lowest BCUT2D eigenvalue weighted by molar-refractivity contribution is -0.112. The van der Waals surface area contributed by atoms with Gasteiger partial charge in [-0.2, -0.15) is 13.7 Å². The third-order valence-electron chi connectivity index (χ3n) is 4.23. The number of nitrogens with zero attached hydrogens (tertiary/aromatic N) is 1. The van der Waals surface area contributed by atoms with Crippen LogP contribution in [0.3, 0.4) is 0 Å². The SMILES string of the molecule is COc1ccc(NC(=O)/C(C#N)=C/c2ccccc2OS(=O)(=O)c2ccc(Cl)cc2)cc1. The summed E-state index contributed by atoms with van der Waals surface area (Å²) in [7, 11) is -2.63. The number of rotatable bonds is 7. The molecule has 0 radical (unpaired) electrons. The monoisotopic (exact) mass is 468 g/mol. The van der Waals surface area contributed by atoms with E-state index in [2.05, 4.69) is 5.32 Å². The molecule has 0 saturated heterocycles. The molecule has 0 atom stereocenters. The first-order valence-electron chi connectivity index (χ1n) is 9.18. The molecule has 3 aromatic carbocycles. The van der Waals surface area contributed by atoms with Crippen LogP contribution in [0, 0.1) is 11.3 Å². The van der Waals surface area contributed by atoms with Crippen molar-refractivity contribution in [2.24, 2.45) is 0 Å². The van der Waals surface area contributed by atoms with Crippen molar-refractivity contribution in [2.45, 2.75) is 4.90 Å². The highest BCUT2D eigenvalue weighted by molar-refractivity contribution is 7.87. The zero-order valence-corrected chi connectivity index (χ0v) is 18.4. The zero-order valence-electron chi connectivity index (χ0n) is 16.8. The number of hydrogen-bond donors (Lipinski definition) is 1. The van der Waals surface area contributed by atoms with Crippen LogP contribution in [0.25, 0.3) is 6.08 Å². The normalized spacial score (nSPS) is 11.3. The fraction of sp³-hybridized carbons (Fsp3) is 0.0435. The van der Waals surface area contributed by atoms with Crippen molar-refractivity contribution >= 4 is 39.4 Å². The first-order valence-corrected chi connectivity index (χ1v) is 11.0. The van der Waals surface area contributed by atoms with Crippen LogP contribution in [0.4, 0.5) is 5.69 Å². The number of carbonyl (C=O) groups excluding carboxylic acids is 1. The van der Waals surface area contributed by atoms with Gasteiger partial charge in [-0.3, -0.25) is 4.79 Å². The van der Waals surface area contributed by atoms with Gasteiger partial charge in [-0.1, -0.05) is 29.8 Å². The Labute approximate surface area is 190 Å². The van der Waals surface area contributed by atoms with Crippen LogP contribution >= 0.6 is 11.6 Å². The zero-order chi connectivity index (χ0) is 23.1. The molecule has 1 N–H and O–H groups in total. The Morgan fingerprint density at radius 2 is 1.69 bits per heavy atom. The molecule has 0 unspecified atom stereocenters. The maximum absolute atomic E-state index is 12.6. The Kier molecular flexibility index (Phi) is 7.15. The highest BCUT2D eigenvalue weighted by atomic mass is 35.5. The summed E-state index contributed by atoms with van der Waals surface area (Å²) < 4.78 is 35.5. The minimum atomic E-state index is -4.15. The van der Waals surface area contributed by atoms with Crippen LogP contribution in [0.5, 0.6) is 11.5 Å². The number of benzene rings is 3. The number of nitrogens with one attached hydrogen (secondary N) is 1. The molecule has 0 aromatic heterocycles. The van der Waals surface area contributed by atoms with Crippen molar-refractivity contribution < 1.29 is 22.1 Å². The molecule has 0 heterocycles. The van der Waals surface area contributed by atoms with E-state index in [0.717, 1.165) is 0 Å². The lowest BCUT2D eigenvalue weighted by Crippen LogP contribution is -2.14. The second-order valence-electron chi connectivity index (χ2n) is 6.38. The predicted octanol–water partition coefficient (Wildman–Crippen LogP) is 4.66. The van der Waals surface area contributed by atoms with Crippen LogP contribution < -0.4 is 14.2 Å². The molecule has 1 amide bonds. The third kappa shape index (κ3) is 5.66. The van der Waals surface area contributed by atoms with Gasteiger partial charge >= 0.3 is 10.1 Å². The van der Waals surface area contributed by atoms with Crippen molar-refractivity contribution in [1.29, 1.82) is 5.26 Å². The summed E-state index contributed by atoms with van der Waals surface area (Å²) in [5.41, 5.74) is 0.471. The third-order valence-corrected chi connectivity index (χ3v) is 5.73. The highest BCUT2D eigenvalue weighted by Crippen LogP contribution is 2.26. The van der Waals surface area contributed by atoms with Gasteiger partial charge in [-0.25, -0.2) is 0 Å². The topological polar surface area (TPSA) is 105 Å². The maximum atomic E-state index is 12.6. The van der Waals surface area contributed by atoms with E-state index in [4.69, 9.17) is 20.5 Å². The summed E-state index contributed by atoms with van der Waals surface area (Å²) in [5, 5.41) is 12.5. The van der Waals surface area contributed by atoms with Crippen molar-refractivity contribution in [3.05, 3.63) is 89.0 Å². The molecule has 162 valence electrons. The molecule has 3 rings (SSSR count). The van der Waals surface area contributed by atoms with E-state index in [1.807, 2.05) is 6.07 Å². The molecule has 9 heteroatoms. The van der Waals surface area contributed by atoms with E-state index in [9.17, 15) is 18.5 Å². The molecule has 0 spiro atoms. The Hall–Kier alpha value is -3.80. The van der Waals surface area contributed by atoms with Gasteiger partial charge in [0.2, 0.25) is 0 Å². The molecule has 3 aromatic rings. The smallest absolute Gasteiger partial charge is 0.339 e. The van der Waals surface area contributed by atoms with Gasteiger partial charge in [0.25, 0.3) is 5.91 Å². The van der Waals surface area contributed by atoms with E-state index < -0.39 is 16.0 Å². The minimum absolute atomic E-state index is 0.0348. The number of ether oxygens (including phenoxy) is 1. The molecule has 0 aliphatic carbocycles. The molecule has 7 nitrogen and oxygen atoms in total. The number of carbonyl (C=O) groups is 1. The van der Waals surface area contributed by atoms with Crippen LogP contribution in [-0.4, -0.2) is 21.4 Å². The van der Waals surface area contributed by atoms with E-state index >= 15 is 0 Å². The maximum Gasteiger partial charge on any atom is 0.339 e. The molecule has 0 aliphatic rings. The lowest BCUT2D eigenvalue weighted by atomic mass is 10.1. The highest BCUT2D eigenvalue weighted by Gasteiger charge is 2.19. The van der Waals surface area contributed by atoms with Crippen LogP contribution in [0.1, 0.15) is 5.56 Å². The van der Waals surface area contributed by atoms with E-state index in [1.54, 1.807) is 36.4 Å². The molecular weight excluding hydrogens is 452 g/mol. The molecule has 0 bridgehead atoms. The fourth-order valence-corrected chi connectivity index (χ4v) is 3.70. The van der Waals surface area contributed by atoms with Gasteiger partial charge in [0.15, 0.2) is 0 Å². The second-order valence-corrected chi connectivity index (χ2v) is 8.36. The van der Waals surface area contributed by atoms with Crippen LogP contribution in [0.2, 0.25) is 5.02 Å². The molecule has 32 heavy (non-hydrogen) atoms. The molecular formula is C23H17ClN2O5S. The summed E-state index contributed by atoms with van der Waals surface area (Å²) in [4.78, 5) is 12.5. The largest absolute Gasteiger partial charge is 0.497 e. The summed E-state index contributed by atoms with van der Waals surface area (Å²) in [5.74, 6) is -0.0764. The predicted molar refractivity (Wildman–Crippen MR) is 121 cm³/mol. The summed E-state index contributed by atoms with van der Waals surface area (Å²) in [6, 6.07) is 20.1. The summed E-state index contributed by atoms with van der Waals surface area (Å²) in [6.07, 6.45) is 1.26. The van der Waals surface area contributed by atoms with Gasteiger partial charge in [0.1, 0.15) is 28.0 Å². The average molecular weight is 469 g/mol. The number of methoxy groups -OCH3 is 1. The van der Waals surface area contributed by atoms with Crippen molar-refractivity contribution in [3.8, 4) is 17.6 Å². The molecule has 0 fully saturated rings. The Balaban J connectivity index is 1.86. The number of amides is 1. The van der Waals surface area contributed by atoms with Crippen molar-refractivity contribution in [3.63, 3.8) is 0 Å². The second kappa shape index (κ2) is 10.0. The standard InChI is InChI=1S/C23H17ClN2O5S/c1-30-20-10-8-19(9-11-20)26-23(27)17(15-25)14-16-4-2-3-5-22(16)31-32(28,29)21-12-6-18(24)7-13-21/h2-14H,1H3,(H,26,27)/b17-14+. The first kappa shape index (κ1) is 22.9. The fourth-order valence-electron chi connectivity index (χ4n) is 2.62. The summed E-state index contributed by atoms with van der Waals surface area (Å²) in [6.45, 7) is 0. The minimum Gasteiger partial charge on any atom is -0.497 e. The van der Waals surface area contributed by atoms with Crippen molar-refractivity contribution in [1.82, 2.24) is 0 Å². The molecule has 0 saturated carbocycles. The first-order chi connectivity index (χ1) is 15.3. The lowest BCUT2D eigenvalue weighted by Gasteiger charge is -2.10. The quantitative estimate of drug-likeness (QED) is 0.307. The Morgan fingerprint density at radius 3 is 2.31 bits per heavy atom. The number of halogens is 1. The Morgan fingerprint density at radius 1 is 1.03 bits per heavy atom. The molecule has 0 aliphatic heterocycles. The number of para-hydroxylation sites is 1. The summed E-state index contributed by atoms with van der Waals surface area (Å²) >= 11 is 5.81. The van der Waals surface area contributed by atoms with E-state index in [0.29, 0.717) is 16.5 Å². The van der Waals surface area contributed by atoms with Crippen LogP contribution in [0.15, 0.2) is 83.3 Å². The van der Waals surface area contributed by atoms with Crippen molar-refractivity contribution in [2.75, 3.05) is 12.4 Å². The van der Waals surface area contributed by atoms with Gasteiger partial charge in [-0.15, -0.1) is 0 Å². The van der Waals surface area contributed by atoms with Gasteiger partial charge in [0.05, 0.1) is 7.11 Å². The Bertz CT molecular complexity index is 1300.